The predicted octanol–water partition coefficient (Wildman–Crippen LogP) is 2.18. The fraction of sp³-hybridized carbons (Fsp3) is 0.667. The molecule has 1 amide bonds. The number of benzene rings is 1. The average Bonchev–Trinajstić information content (AvgIpc) is 2.74. The number of hydrogen-bond donors (Lipinski definition) is 2. The smallest absolute Gasteiger partial charge is 0.230 e. The van der Waals surface area contributed by atoms with Crippen LogP contribution in [0.25, 0.3) is 0 Å². The van der Waals surface area contributed by atoms with E-state index in [1.807, 2.05) is 30.3 Å². The maximum atomic E-state index is 12.9. The molecule has 4 bridgehead atoms. The molecule has 1 aliphatic heterocycles. The van der Waals surface area contributed by atoms with Gasteiger partial charge in [-0.2, -0.15) is 0 Å². The molecule has 1 saturated heterocycles. The van der Waals surface area contributed by atoms with Gasteiger partial charge in [0.15, 0.2) is 5.17 Å². The number of nitrogens with one attached hydrogen (secondary N) is 2. The Morgan fingerprint density at radius 1 is 1.07 bits per heavy atom. The van der Waals surface area contributed by atoms with Crippen molar-refractivity contribution in [3.8, 4) is 0 Å². The van der Waals surface area contributed by atoms with Gasteiger partial charge in [0.2, 0.25) is 5.91 Å². The molecule has 1 heterocycles. The van der Waals surface area contributed by atoms with E-state index in [4.69, 9.17) is 4.99 Å². The summed E-state index contributed by atoms with van der Waals surface area (Å²) in [7, 11) is 2.25. The van der Waals surface area contributed by atoms with Crippen molar-refractivity contribution in [2.24, 2.45) is 28.7 Å². The summed E-state index contributed by atoms with van der Waals surface area (Å²) in [6, 6.07) is 10.6. The normalized spacial score (nSPS) is 33.7. The highest BCUT2D eigenvalue weighted by Crippen LogP contribution is 2.53. The van der Waals surface area contributed by atoms with E-state index >= 15 is 0 Å². The van der Waals surface area contributed by atoms with Crippen molar-refractivity contribution in [2.45, 2.75) is 38.1 Å². The Morgan fingerprint density at radius 3 is 2.33 bits per heavy atom. The van der Waals surface area contributed by atoms with Gasteiger partial charge in [-0.05, 0) is 67.9 Å². The first kappa shape index (κ1) is 20.4. The molecular formula is C24H35N4OS+. The Labute approximate surface area is 184 Å². The van der Waals surface area contributed by atoms with E-state index < -0.39 is 0 Å². The number of hydrogen-bond acceptors (Lipinski definition) is 3. The molecule has 0 unspecified atom stereocenters. The molecule has 1 aromatic rings. The summed E-state index contributed by atoms with van der Waals surface area (Å²) in [5.74, 6) is 4.01. The van der Waals surface area contributed by atoms with E-state index in [0.29, 0.717) is 11.8 Å². The van der Waals surface area contributed by atoms with Crippen LogP contribution in [0.2, 0.25) is 0 Å². The van der Waals surface area contributed by atoms with Crippen LogP contribution >= 0.6 is 11.8 Å². The van der Waals surface area contributed by atoms with Gasteiger partial charge in [0.05, 0.1) is 44.7 Å². The Morgan fingerprint density at radius 2 is 1.70 bits per heavy atom. The summed E-state index contributed by atoms with van der Waals surface area (Å²) in [6.45, 7) is 4.24. The van der Waals surface area contributed by atoms with Gasteiger partial charge < -0.3 is 15.1 Å². The number of rotatable bonds is 4. The number of para-hydroxylation sites is 1. The molecule has 0 spiro atoms. The number of piperazine rings is 1. The highest BCUT2D eigenvalue weighted by molar-refractivity contribution is 8.14. The molecule has 5 fully saturated rings. The number of quaternary nitrogens is 1. The Hall–Kier alpha value is -1.53. The lowest BCUT2D eigenvalue weighted by molar-refractivity contribution is -0.883. The van der Waals surface area contributed by atoms with Gasteiger partial charge in [0.1, 0.15) is 0 Å². The molecule has 1 aromatic carbocycles. The molecule has 0 radical (unpaired) electrons. The third-order valence-corrected chi connectivity index (χ3v) is 8.77. The highest BCUT2D eigenvalue weighted by atomic mass is 32.2. The molecule has 6 heteroatoms. The zero-order valence-electron chi connectivity index (χ0n) is 18.1. The number of amidine groups is 1. The van der Waals surface area contributed by atoms with Crippen LogP contribution in [0.1, 0.15) is 32.1 Å². The minimum Gasteiger partial charge on any atom is -0.352 e. The first-order valence-corrected chi connectivity index (χ1v) is 12.7. The number of carbonyl (C=O) groups excluding carboxylic acids is 1. The summed E-state index contributed by atoms with van der Waals surface area (Å²) < 4.78 is 0. The molecule has 5 nitrogen and oxygen atoms in total. The van der Waals surface area contributed by atoms with Crippen LogP contribution in [0.5, 0.6) is 0 Å². The second kappa shape index (κ2) is 8.91. The van der Waals surface area contributed by atoms with Crippen molar-refractivity contribution >= 4 is 28.5 Å². The van der Waals surface area contributed by atoms with Crippen LogP contribution in [-0.2, 0) is 4.79 Å². The lowest BCUT2D eigenvalue weighted by atomic mass is 9.54. The maximum absolute atomic E-state index is 12.9. The first-order valence-electron chi connectivity index (χ1n) is 11.8. The Balaban J connectivity index is 1.21. The number of amides is 1. The highest BCUT2D eigenvalue weighted by Gasteiger charge is 2.48. The zero-order valence-corrected chi connectivity index (χ0v) is 18.9. The van der Waals surface area contributed by atoms with Crippen molar-refractivity contribution < 1.29 is 9.69 Å². The number of likely N-dealkylation sites (N-methyl/N-ethyl adjacent to an activating group) is 1. The van der Waals surface area contributed by atoms with Crippen LogP contribution in [0.3, 0.4) is 0 Å². The Bertz CT molecular complexity index is 747. The van der Waals surface area contributed by atoms with E-state index in [0.717, 1.165) is 60.7 Å². The van der Waals surface area contributed by atoms with Crippen molar-refractivity contribution in [2.75, 3.05) is 39.0 Å². The summed E-state index contributed by atoms with van der Waals surface area (Å²) in [6.07, 6.45) is 6.82. The zero-order chi connectivity index (χ0) is 20.5. The fourth-order valence-electron chi connectivity index (χ4n) is 6.41. The van der Waals surface area contributed by atoms with Crippen LogP contribution in [0.15, 0.2) is 35.3 Å². The van der Waals surface area contributed by atoms with Gasteiger partial charge in [0.25, 0.3) is 0 Å². The fourth-order valence-corrected chi connectivity index (χ4v) is 7.28. The summed E-state index contributed by atoms with van der Waals surface area (Å²) in [5, 5.41) is 4.45. The molecule has 30 heavy (non-hydrogen) atoms. The van der Waals surface area contributed by atoms with Crippen molar-refractivity contribution in [1.29, 1.82) is 0 Å². The minimum absolute atomic E-state index is 0.193. The van der Waals surface area contributed by atoms with Gasteiger partial charge in [-0.15, -0.1) is 0 Å². The lowest BCUT2D eigenvalue weighted by Crippen LogP contribution is -3.12. The largest absolute Gasteiger partial charge is 0.352 e. The molecule has 4 saturated carbocycles. The minimum atomic E-state index is 0.193. The van der Waals surface area contributed by atoms with Crippen LogP contribution in [0, 0.1) is 23.7 Å². The summed E-state index contributed by atoms with van der Waals surface area (Å²) >= 11 is 1.61. The summed E-state index contributed by atoms with van der Waals surface area (Å²) in [4.78, 5) is 21.8. The van der Waals surface area contributed by atoms with E-state index in [1.165, 1.54) is 32.1 Å². The monoisotopic (exact) mass is 427 g/mol. The SMILES string of the molecule is C[NH+]1CCN(C(=Nc2ccccc2)SCC(=O)NC2C3CC4CC(C3)CC2C4)CC1. The van der Waals surface area contributed by atoms with E-state index in [-0.39, 0.29) is 5.91 Å². The van der Waals surface area contributed by atoms with Crippen molar-refractivity contribution in [3.63, 3.8) is 0 Å². The molecular weight excluding hydrogens is 392 g/mol. The van der Waals surface area contributed by atoms with Gasteiger partial charge >= 0.3 is 0 Å². The average molecular weight is 428 g/mol. The molecule has 0 atom stereocenters. The van der Waals surface area contributed by atoms with E-state index in [1.54, 1.807) is 16.7 Å². The van der Waals surface area contributed by atoms with Crippen molar-refractivity contribution in [3.05, 3.63) is 30.3 Å². The molecule has 6 rings (SSSR count). The second-order valence-corrected chi connectivity index (χ2v) is 10.9. The van der Waals surface area contributed by atoms with Gasteiger partial charge in [-0.3, -0.25) is 4.79 Å². The standard InChI is InChI=1S/C24H34N4OS/c1-27-7-9-28(10-8-27)24(25-21-5-3-2-4-6-21)30-16-22(29)26-23-19-12-17-11-18(14-19)15-20(23)13-17/h2-6,17-20,23H,7-16H2,1H3,(H,26,29)/p+1. The van der Waals surface area contributed by atoms with Gasteiger partial charge in [0, 0.05) is 6.04 Å². The third kappa shape index (κ3) is 4.54. The molecule has 5 aliphatic rings. The lowest BCUT2D eigenvalue weighted by Gasteiger charge is -2.54. The molecule has 2 N–H and O–H groups in total. The van der Waals surface area contributed by atoms with E-state index in [9.17, 15) is 4.79 Å². The predicted molar refractivity (Wildman–Crippen MR) is 123 cm³/mol. The number of carbonyl (C=O) groups is 1. The number of thioether (sulfide) groups is 1. The topological polar surface area (TPSA) is 49.1 Å². The maximum Gasteiger partial charge on any atom is 0.230 e. The third-order valence-electron chi connectivity index (χ3n) is 7.76. The van der Waals surface area contributed by atoms with Gasteiger partial charge in [-0.1, -0.05) is 30.0 Å². The Kier molecular flexibility index (Phi) is 6.05. The van der Waals surface area contributed by atoms with Crippen LogP contribution < -0.4 is 10.2 Å². The van der Waals surface area contributed by atoms with E-state index in [2.05, 4.69) is 17.3 Å². The number of nitrogens with zero attached hydrogens (tertiary/aromatic N) is 2. The van der Waals surface area contributed by atoms with Gasteiger partial charge in [-0.25, -0.2) is 4.99 Å². The number of aliphatic imine (C=N–C) groups is 1. The van der Waals surface area contributed by atoms with Crippen LogP contribution in [0.4, 0.5) is 5.69 Å². The van der Waals surface area contributed by atoms with Crippen LogP contribution in [-0.4, -0.2) is 61.0 Å². The quantitative estimate of drug-likeness (QED) is 0.572. The molecule has 4 aliphatic carbocycles. The van der Waals surface area contributed by atoms with Crippen molar-refractivity contribution in [1.82, 2.24) is 10.2 Å². The molecule has 162 valence electrons. The first-order chi connectivity index (χ1) is 14.6. The second-order valence-electron chi connectivity index (χ2n) is 9.99. The molecule has 0 aromatic heterocycles. The summed E-state index contributed by atoms with van der Waals surface area (Å²) in [5.41, 5.74) is 0.965.